The zero-order valence-electron chi connectivity index (χ0n) is 19.8. The van der Waals surface area contributed by atoms with E-state index in [9.17, 15) is 0 Å². The van der Waals surface area contributed by atoms with Crippen LogP contribution in [0.25, 0.3) is 17.2 Å². The minimum absolute atomic E-state index is 0.586. The summed E-state index contributed by atoms with van der Waals surface area (Å²) >= 11 is 0. The van der Waals surface area contributed by atoms with Gasteiger partial charge in [-0.15, -0.1) is 0 Å². The zero-order valence-corrected chi connectivity index (χ0v) is 20.8. The summed E-state index contributed by atoms with van der Waals surface area (Å²) in [6.45, 7) is 12.8. The molecule has 2 aliphatic carbocycles. The monoisotopic (exact) mass is 429 g/mol. The quantitative estimate of drug-likeness (QED) is 0.372. The van der Waals surface area contributed by atoms with Crippen molar-refractivity contribution in [1.82, 2.24) is 4.98 Å². The average molecular weight is 430 g/mol. The van der Waals surface area contributed by atoms with E-state index in [0.717, 1.165) is 6.04 Å². The predicted molar refractivity (Wildman–Crippen MR) is 141 cm³/mol. The second-order valence-corrected chi connectivity index (χ2v) is 13.8. The van der Waals surface area contributed by atoms with Gasteiger partial charge < -0.3 is 4.98 Å². The average Bonchev–Trinajstić information content (AvgIpc) is 3.12. The Morgan fingerprint density at radius 3 is 2.29 bits per heavy atom. The van der Waals surface area contributed by atoms with Crippen molar-refractivity contribution in [2.45, 2.75) is 70.6 Å². The Hall–Kier alpha value is -2.16. The molecule has 1 N–H and O–H groups in total. The molecule has 1 saturated carbocycles. The molecule has 1 fully saturated rings. The molecule has 1 unspecified atom stereocenters. The summed E-state index contributed by atoms with van der Waals surface area (Å²) in [5.74, 6) is 0. The minimum atomic E-state index is -1.61. The molecule has 31 heavy (non-hydrogen) atoms. The van der Waals surface area contributed by atoms with Crippen LogP contribution in [0.2, 0.25) is 13.1 Å². The van der Waals surface area contributed by atoms with Crippen LogP contribution in [-0.4, -0.2) is 14.3 Å². The number of nitrogens with one attached hydrogen (secondary N) is 1. The smallest absolute Gasteiger partial charge is 0.131 e. The summed E-state index contributed by atoms with van der Waals surface area (Å²) < 4.78 is 0. The summed E-state index contributed by atoms with van der Waals surface area (Å²) in [7, 11) is -1.61. The van der Waals surface area contributed by atoms with E-state index in [1.54, 1.807) is 17.2 Å². The number of hydrogen-bond acceptors (Lipinski definition) is 1. The van der Waals surface area contributed by atoms with Crippen LogP contribution in [-0.2, 0) is 0 Å². The van der Waals surface area contributed by atoms with Crippen LogP contribution in [0.3, 0.4) is 0 Å². The highest BCUT2D eigenvalue weighted by Crippen LogP contribution is 2.45. The van der Waals surface area contributed by atoms with Gasteiger partial charge >= 0.3 is 0 Å². The molecule has 0 spiro atoms. The maximum absolute atomic E-state index is 4.17. The summed E-state index contributed by atoms with van der Waals surface area (Å²) in [4.78, 5) is 4.17. The maximum Gasteiger partial charge on any atom is 0.131 e. The summed E-state index contributed by atoms with van der Waals surface area (Å²) in [5, 5.41) is 0. The highest BCUT2D eigenvalue weighted by atomic mass is 28.3. The summed E-state index contributed by atoms with van der Waals surface area (Å²) in [5.41, 5.74) is 7.84. The van der Waals surface area contributed by atoms with Crippen LogP contribution < -0.4 is 4.98 Å². The molecule has 0 aromatic heterocycles. The second kappa shape index (κ2) is 10.9. The molecule has 0 heterocycles. The third kappa shape index (κ3) is 5.75. The van der Waals surface area contributed by atoms with Crippen molar-refractivity contribution in [3.05, 3.63) is 90.0 Å². The Morgan fingerprint density at radius 2 is 1.68 bits per heavy atom. The SMILES string of the molecule is C=C/C=C/C.CC1=Cc2c(-c3ccccc3)cccc2C1[Si](C)(C)NC1CCCCC1. The standard InChI is InChI=1S/C24H31NSi.C5H8/c1-18-17-23-21(19-11-6-4-7-12-19)15-10-16-22(23)24(18)26(2,3)25-20-13-8-5-9-14-20;1-3-5-4-2/h4,6-7,10-12,15-17,20,24-25H,5,8-9,13-14H2,1-3H3;3-5H,1H2,2H3/b;5-4+. The highest BCUT2D eigenvalue weighted by Gasteiger charge is 2.40. The molecule has 2 aromatic carbocycles. The Labute approximate surface area is 191 Å². The van der Waals surface area contributed by atoms with Crippen molar-refractivity contribution < 1.29 is 0 Å². The van der Waals surface area contributed by atoms with E-state index in [2.05, 4.69) is 86.2 Å². The topological polar surface area (TPSA) is 12.0 Å². The molecule has 1 nitrogen and oxygen atoms in total. The number of hydrogen-bond donors (Lipinski definition) is 1. The summed E-state index contributed by atoms with van der Waals surface area (Å²) in [6, 6.07) is 18.5. The first-order chi connectivity index (χ1) is 15.0. The number of allylic oxidation sites excluding steroid dienone is 4. The van der Waals surface area contributed by atoms with Gasteiger partial charge in [-0.25, -0.2) is 0 Å². The molecule has 164 valence electrons. The molecule has 1 atom stereocenters. The van der Waals surface area contributed by atoms with E-state index >= 15 is 0 Å². The van der Waals surface area contributed by atoms with Crippen LogP contribution in [0.15, 0.2) is 78.9 Å². The van der Waals surface area contributed by atoms with E-state index < -0.39 is 8.24 Å². The fraction of sp³-hybridized carbons (Fsp3) is 0.379. The normalized spacial score (nSPS) is 18.8. The number of benzene rings is 2. The molecule has 0 saturated heterocycles. The van der Waals surface area contributed by atoms with Gasteiger partial charge in [0.1, 0.15) is 8.24 Å². The fourth-order valence-corrected chi connectivity index (χ4v) is 9.13. The van der Waals surface area contributed by atoms with Crippen molar-refractivity contribution in [1.29, 1.82) is 0 Å². The molecule has 0 aliphatic heterocycles. The van der Waals surface area contributed by atoms with Gasteiger partial charge in [-0.3, -0.25) is 0 Å². The van der Waals surface area contributed by atoms with Crippen LogP contribution in [0.1, 0.15) is 62.6 Å². The van der Waals surface area contributed by atoms with Gasteiger partial charge in [0, 0.05) is 11.6 Å². The van der Waals surface area contributed by atoms with Gasteiger partial charge in [-0.05, 0) is 48.9 Å². The molecular formula is C29H39NSi. The largest absolute Gasteiger partial charge is 0.334 e. The molecule has 2 heteroatoms. The minimum Gasteiger partial charge on any atom is -0.334 e. The van der Waals surface area contributed by atoms with Gasteiger partial charge in [0.05, 0.1) is 0 Å². The third-order valence-electron chi connectivity index (χ3n) is 6.59. The summed E-state index contributed by atoms with van der Waals surface area (Å²) in [6.07, 6.45) is 15.0. The first-order valence-electron chi connectivity index (χ1n) is 11.9. The highest BCUT2D eigenvalue weighted by molar-refractivity contribution is 6.77. The zero-order chi connectivity index (χ0) is 22.3. The van der Waals surface area contributed by atoms with Crippen molar-refractivity contribution in [3.8, 4) is 11.1 Å². The van der Waals surface area contributed by atoms with Crippen molar-refractivity contribution in [2.24, 2.45) is 0 Å². The number of rotatable bonds is 5. The molecule has 0 bridgehead atoms. The molecule has 2 aliphatic rings. The Morgan fingerprint density at radius 1 is 0.968 bits per heavy atom. The lowest BCUT2D eigenvalue weighted by Gasteiger charge is -2.38. The van der Waals surface area contributed by atoms with Gasteiger partial charge in [0.15, 0.2) is 0 Å². The van der Waals surface area contributed by atoms with Crippen molar-refractivity contribution >= 4 is 14.3 Å². The Balaban J connectivity index is 0.000000491. The van der Waals surface area contributed by atoms with E-state index in [0.29, 0.717) is 5.54 Å². The lowest BCUT2D eigenvalue weighted by atomic mass is 9.96. The molecule has 2 aromatic rings. The van der Waals surface area contributed by atoms with Crippen LogP contribution in [0.4, 0.5) is 0 Å². The predicted octanol–water partition coefficient (Wildman–Crippen LogP) is 8.27. The van der Waals surface area contributed by atoms with E-state index in [1.807, 2.05) is 19.1 Å². The van der Waals surface area contributed by atoms with Crippen LogP contribution in [0, 0.1) is 0 Å². The third-order valence-corrected chi connectivity index (χ3v) is 9.96. The van der Waals surface area contributed by atoms with Gasteiger partial charge in [0.25, 0.3) is 0 Å². The van der Waals surface area contributed by atoms with E-state index in [4.69, 9.17) is 0 Å². The van der Waals surface area contributed by atoms with E-state index in [1.165, 1.54) is 48.8 Å². The lowest BCUT2D eigenvalue weighted by Crippen LogP contribution is -2.55. The van der Waals surface area contributed by atoms with Crippen LogP contribution >= 0.6 is 0 Å². The lowest BCUT2D eigenvalue weighted by molar-refractivity contribution is 0.412. The molecule has 4 rings (SSSR count). The fourth-order valence-electron chi connectivity index (χ4n) is 5.37. The Kier molecular flexibility index (Phi) is 8.28. The first-order valence-corrected chi connectivity index (χ1v) is 14.9. The van der Waals surface area contributed by atoms with Gasteiger partial charge in [-0.1, -0.05) is 117 Å². The van der Waals surface area contributed by atoms with Gasteiger partial charge in [0.2, 0.25) is 0 Å². The molecule has 0 amide bonds. The van der Waals surface area contributed by atoms with Crippen molar-refractivity contribution in [2.75, 3.05) is 0 Å². The second-order valence-electron chi connectivity index (χ2n) is 9.46. The maximum atomic E-state index is 4.17. The molecular weight excluding hydrogens is 390 g/mol. The van der Waals surface area contributed by atoms with Gasteiger partial charge in [-0.2, -0.15) is 0 Å². The first kappa shape index (κ1) is 23.5. The number of fused-ring (bicyclic) bond motifs is 1. The molecule has 0 radical (unpaired) electrons. The van der Waals surface area contributed by atoms with Crippen LogP contribution in [0.5, 0.6) is 0 Å². The Bertz CT molecular complexity index is 917. The van der Waals surface area contributed by atoms with Crippen molar-refractivity contribution in [3.63, 3.8) is 0 Å². The van der Waals surface area contributed by atoms with E-state index in [-0.39, 0.29) is 0 Å².